The van der Waals surface area contributed by atoms with E-state index in [1.807, 2.05) is 30.3 Å². The standard InChI is InChI=1S/C31H40N4O6/c36-28(13-8-22-14-16-32-17-15-22)35-18-4-7-25(20-35)29(37)33-19-27(31(39)40)34-30(38)24-9-11-26(12-10-24)41-21-23-5-2-1-3-6-23/h1-3,5-6,9-12,22,25,27,32H,4,7-8,13-21H2,(H,33,37)(H,34,38)(H,39,40)/t25-,27+/m1/s1. The summed E-state index contributed by atoms with van der Waals surface area (Å²) in [5.41, 5.74) is 1.29. The highest BCUT2D eigenvalue weighted by atomic mass is 16.5. The second-order valence-corrected chi connectivity index (χ2v) is 10.8. The van der Waals surface area contributed by atoms with Crippen molar-refractivity contribution in [1.29, 1.82) is 0 Å². The van der Waals surface area contributed by atoms with E-state index in [0.717, 1.165) is 44.3 Å². The molecular weight excluding hydrogens is 524 g/mol. The zero-order valence-corrected chi connectivity index (χ0v) is 23.3. The second-order valence-electron chi connectivity index (χ2n) is 10.8. The molecule has 0 saturated carbocycles. The van der Waals surface area contributed by atoms with Crippen molar-refractivity contribution in [1.82, 2.24) is 20.9 Å². The van der Waals surface area contributed by atoms with Crippen molar-refractivity contribution in [2.75, 3.05) is 32.7 Å². The minimum absolute atomic E-state index is 0.0770. The molecule has 2 aliphatic rings. The summed E-state index contributed by atoms with van der Waals surface area (Å²) in [5, 5.41) is 18.1. The number of carbonyl (C=O) groups is 4. The molecule has 2 saturated heterocycles. The molecule has 2 aromatic carbocycles. The van der Waals surface area contributed by atoms with Crippen molar-refractivity contribution >= 4 is 23.7 Å². The Morgan fingerprint density at radius 3 is 2.44 bits per heavy atom. The Kier molecular flexibility index (Phi) is 11.1. The Morgan fingerprint density at radius 2 is 1.73 bits per heavy atom. The SMILES string of the molecule is O=C(N[C@@H](CNC(=O)[C@@H]1CCCN(C(=O)CCC2CCNCC2)C1)C(=O)O)c1ccc(OCc2ccccc2)cc1. The molecular formula is C31H40N4O6. The first-order valence-corrected chi connectivity index (χ1v) is 14.5. The van der Waals surface area contributed by atoms with Crippen LogP contribution in [-0.2, 0) is 21.0 Å². The number of aliphatic carboxylic acids is 1. The molecule has 4 N–H and O–H groups in total. The van der Waals surface area contributed by atoms with Crippen molar-refractivity contribution < 1.29 is 29.0 Å². The van der Waals surface area contributed by atoms with Gasteiger partial charge in [-0.2, -0.15) is 0 Å². The number of carboxylic acids is 1. The van der Waals surface area contributed by atoms with Crippen LogP contribution in [0.2, 0.25) is 0 Å². The number of nitrogens with one attached hydrogen (secondary N) is 3. The Hall–Kier alpha value is -3.92. The van der Waals surface area contributed by atoms with Gasteiger partial charge >= 0.3 is 5.97 Å². The van der Waals surface area contributed by atoms with Crippen LogP contribution in [0.25, 0.3) is 0 Å². The molecule has 10 nitrogen and oxygen atoms in total. The quantitative estimate of drug-likeness (QED) is 0.311. The lowest BCUT2D eigenvalue weighted by Crippen LogP contribution is -2.51. The minimum Gasteiger partial charge on any atom is -0.489 e. The molecule has 4 rings (SSSR count). The number of hydrogen-bond donors (Lipinski definition) is 4. The molecule has 0 spiro atoms. The number of ether oxygens (including phenoxy) is 1. The zero-order chi connectivity index (χ0) is 29.0. The van der Waals surface area contributed by atoms with Gasteiger partial charge in [0.1, 0.15) is 18.4 Å². The van der Waals surface area contributed by atoms with Gasteiger partial charge in [0, 0.05) is 31.6 Å². The largest absolute Gasteiger partial charge is 0.489 e. The van der Waals surface area contributed by atoms with E-state index in [9.17, 15) is 24.3 Å². The van der Waals surface area contributed by atoms with Gasteiger partial charge in [-0.15, -0.1) is 0 Å². The molecule has 3 amide bonds. The fourth-order valence-corrected chi connectivity index (χ4v) is 5.31. The molecule has 0 radical (unpaired) electrons. The van der Waals surface area contributed by atoms with E-state index in [2.05, 4.69) is 16.0 Å². The molecule has 41 heavy (non-hydrogen) atoms. The Morgan fingerprint density at radius 1 is 1.00 bits per heavy atom. The van der Waals surface area contributed by atoms with Crippen LogP contribution < -0.4 is 20.7 Å². The van der Waals surface area contributed by atoms with E-state index in [1.54, 1.807) is 29.2 Å². The molecule has 220 valence electrons. The normalized spacial score (nSPS) is 18.2. The average Bonchev–Trinajstić information content (AvgIpc) is 3.01. The van der Waals surface area contributed by atoms with Crippen LogP contribution in [0.15, 0.2) is 54.6 Å². The van der Waals surface area contributed by atoms with Crippen LogP contribution in [0.5, 0.6) is 5.75 Å². The predicted molar refractivity (Wildman–Crippen MR) is 153 cm³/mol. The summed E-state index contributed by atoms with van der Waals surface area (Å²) in [7, 11) is 0. The monoisotopic (exact) mass is 564 g/mol. The van der Waals surface area contributed by atoms with Gasteiger partial charge in [0.2, 0.25) is 11.8 Å². The first-order chi connectivity index (χ1) is 19.9. The fraction of sp³-hybridized carbons (Fsp3) is 0.484. The summed E-state index contributed by atoms with van der Waals surface area (Å²) in [6.07, 6.45) is 4.90. The van der Waals surface area contributed by atoms with Gasteiger partial charge in [0.05, 0.1) is 5.92 Å². The van der Waals surface area contributed by atoms with Gasteiger partial charge < -0.3 is 30.7 Å². The lowest BCUT2D eigenvalue weighted by molar-refractivity contribution is -0.139. The van der Waals surface area contributed by atoms with Crippen LogP contribution in [0.3, 0.4) is 0 Å². The summed E-state index contributed by atoms with van der Waals surface area (Å²) in [4.78, 5) is 52.0. The molecule has 2 heterocycles. The predicted octanol–water partition coefficient (Wildman–Crippen LogP) is 2.58. The van der Waals surface area contributed by atoms with E-state index >= 15 is 0 Å². The van der Waals surface area contributed by atoms with Gasteiger partial charge in [-0.1, -0.05) is 30.3 Å². The highest BCUT2D eigenvalue weighted by molar-refractivity contribution is 5.96. The zero-order valence-electron chi connectivity index (χ0n) is 23.3. The van der Waals surface area contributed by atoms with Crippen molar-refractivity contribution in [3.8, 4) is 5.75 Å². The second kappa shape index (κ2) is 15.2. The smallest absolute Gasteiger partial charge is 0.328 e. The van der Waals surface area contributed by atoms with Crippen LogP contribution in [0.1, 0.15) is 54.4 Å². The minimum atomic E-state index is -1.30. The maximum atomic E-state index is 12.9. The van der Waals surface area contributed by atoms with Gasteiger partial charge in [-0.25, -0.2) is 4.79 Å². The molecule has 2 aliphatic heterocycles. The number of benzene rings is 2. The third-order valence-corrected chi connectivity index (χ3v) is 7.82. The average molecular weight is 565 g/mol. The third-order valence-electron chi connectivity index (χ3n) is 7.82. The summed E-state index contributed by atoms with van der Waals surface area (Å²) < 4.78 is 5.73. The maximum absolute atomic E-state index is 12.9. The highest BCUT2D eigenvalue weighted by Crippen LogP contribution is 2.22. The third kappa shape index (κ3) is 9.31. The number of likely N-dealkylation sites (tertiary alicyclic amines) is 1. The van der Waals surface area contributed by atoms with Crippen LogP contribution in [-0.4, -0.2) is 72.5 Å². The molecule has 10 heteroatoms. The molecule has 0 bridgehead atoms. The lowest BCUT2D eigenvalue weighted by Gasteiger charge is -2.33. The van der Waals surface area contributed by atoms with Crippen molar-refractivity contribution in [3.05, 3.63) is 65.7 Å². The maximum Gasteiger partial charge on any atom is 0.328 e. The van der Waals surface area contributed by atoms with Crippen molar-refractivity contribution in [2.24, 2.45) is 11.8 Å². The highest BCUT2D eigenvalue weighted by Gasteiger charge is 2.30. The molecule has 2 fully saturated rings. The summed E-state index contributed by atoms with van der Waals surface area (Å²) >= 11 is 0. The first-order valence-electron chi connectivity index (χ1n) is 14.5. The van der Waals surface area contributed by atoms with Gasteiger partial charge in [0.15, 0.2) is 0 Å². The van der Waals surface area contributed by atoms with E-state index < -0.39 is 23.8 Å². The number of piperidine rings is 2. The number of carbonyl (C=O) groups excluding carboxylic acids is 3. The molecule has 2 aromatic rings. The summed E-state index contributed by atoms with van der Waals surface area (Å²) in [5.74, 6) is -1.30. The van der Waals surface area contributed by atoms with Gasteiger partial charge in [-0.3, -0.25) is 14.4 Å². The molecule has 2 atom stereocenters. The van der Waals surface area contributed by atoms with E-state index in [1.165, 1.54) is 0 Å². The fourth-order valence-electron chi connectivity index (χ4n) is 5.31. The number of hydrogen-bond acceptors (Lipinski definition) is 6. The molecule has 0 aliphatic carbocycles. The van der Waals surface area contributed by atoms with Gasteiger partial charge in [0.25, 0.3) is 5.91 Å². The number of carboxylic acid groups (broad SMARTS) is 1. The van der Waals surface area contributed by atoms with Crippen LogP contribution in [0.4, 0.5) is 0 Å². The van der Waals surface area contributed by atoms with Gasteiger partial charge in [-0.05, 0) is 80.9 Å². The van der Waals surface area contributed by atoms with Crippen LogP contribution >= 0.6 is 0 Å². The van der Waals surface area contributed by atoms with Crippen molar-refractivity contribution in [3.63, 3.8) is 0 Å². The number of amides is 3. The summed E-state index contributed by atoms with van der Waals surface area (Å²) in [6.45, 7) is 3.10. The van der Waals surface area contributed by atoms with E-state index in [-0.39, 0.29) is 23.9 Å². The summed E-state index contributed by atoms with van der Waals surface area (Å²) in [6, 6.07) is 14.8. The van der Waals surface area contributed by atoms with Crippen molar-refractivity contribution in [2.45, 2.75) is 51.2 Å². The van der Waals surface area contributed by atoms with E-state index in [4.69, 9.17) is 4.74 Å². The Bertz CT molecular complexity index is 1170. The van der Waals surface area contributed by atoms with Crippen LogP contribution in [0, 0.1) is 11.8 Å². The lowest BCUT2D eigenvalue weighted by atomic mass is 9.92. The Balaban J connectivity index is 1.22. The Labute approximate surface area is 240 Å². The topological polar surface area (TPSA) is 137 Å². The number of nitrogens with zero attached hydrogens (tertiary/aromatic N) is 1. The molecule has 0 unspecified atom stereocenters. The van der Waals surface area contributed by atoms with E-state index in [0.29, 0.717) is 44.2 Å². The first kappa shape index (κ1) is 30.0. The molecule has 0 aromatic heterocycles. The number of rotatable bonds is 12.